The molecule has 0 spiro atoms. The molecule has 0 amide bonds. The van der Waals surface area contributed by atoms with E-state index in [1.807, 2.05) is 18.2 Å². The fraction of sp³-hybridized carbons (Fsp3) is 0.364. The monoisotopic (exact) mass is 209 g/mol. The standard InChI is InChI=1S/C11H15NOS/c1-13-11(14)8-10(12)7-9-5-3-2-4-6-9/h2-6,10H,7-8,12H2,1H3/t10-/m1/s1. The molecule has 2 nitrogen and oxygen atoms in total. The summed E-state index contributed by atoms with van der Waals surface area (Å²) >= 11 is 4.95. The number of methoxy groups -OCH3 is 1. The molecule has 0 heterocycles. The zero-order valence-electron chi connectivity index (χ0n) is 8.27. The van der Waals surface area contributed by atoms with Crippen LogP contribution in [0.3, 0.4) is 0 Å². The van der Waals surface area contributed by atoms with Crippen molar-refractivity contribution in [3.8, 4) is 0 Å². The van der Waals surface area contributed by atoms with Crippen molar-refractivity contribution < 1.29 is 4.74 Å². The van der Waals surface area contributed by atoms with Gasteiger partial charge in [0.2, 0.25) is 0 Å². The van der Waals surface area contributed by atoms with Gasteiger partial charge in [-0.2, -0.15) is 0 Å². The SMILES string of the molecule is COC(=S)C[C@H](N)Cc1ccccc1. The summed E-state index contributed by atoms with van der Waals surface area (Å²) in [5, 5.41) is 0.577. The Balaban J connectivity index is 2.41. The first-order valence-electron chi connectivity index (χ1n) is 4.58. The first kappa shape index (κ1) is 11.1. The lowest BCUT2D eigenvalue weighted by atomic mass is 10.0. The Labute approximate surface area is 90.1 Å². The minimum Gasteiger partial charge on any atom is -0.490 e. The van der Waals surface area contributed by atoms with Crippen LogP contribution in [0.15, 0.2) is 30.3 Å². The van der Waals surface area contributed by atoms with Crippen LogP contribution >= 0.6 is 12.2 Å². The Kier molecular flexibility index (Phi) is 4.56. The highest BCUT2D eigenvalue weighted by Gasteiger charge is 2.06. The van der Waals surface area contributed by atoms with Gasteiger partial charge in [-0.1, -0.05) is 30.3 Å². The number of rotatable bonds is 4. The van der Waals surface area contributed by atoms with Gasteiger partial charge in [-0.3, -0.25) is 0 Å². The van der Waals surface area contributed by atoms with Crippen LogP contribution in [0.1, 0.15) is 12.0 Å². The molecule has 0 aliphatic heterocycles. The first-order valence-corrected chi connectivity index (χ1v) is 4.99. The Hall–Kier alpha value is -0.930. The van der Waals surface area contributed by atoms with Crippen molar-refractivity contribution in [3.05, 3.63) is 35.9 Å². The molecular formula is C11H15NOS. The molecule has 1 rings (SSSR count). The van der Waals surface area contributed by atoms with Gasteiger partial charge >= 0.3 is 0 Å². The van der Waals surface area contributed by atoms with Gasteiger partial charge in [-0.05, 0) is 24.2 Å². The molecule has 0 saturated carbocycles. The fourth-order valence-corrected chi connectivity index (χ4v) is 1.50. The first-order chi connectivity index (χ1) is 6.72. The number of benzene rings is 1. The third-order valence-corrected chi connectivity index (χ3v) is 2.33. The Bertz CT molecular complexity index is 287. The number of hydrogen-bond acceptors (Lipinski definition) is 3. The Morgan fingerprint density at radius 1 is 1.43 bits per heavy atom. The number of ether oxygens (including phenoxy) is 1. The fourth-order valence-electron chi connectivity index (χ4n) is 1.29. The second-order valence-corrected chi connectivity index (χ2v) is 3.69. The van der Waals surface area contributed by atoms with E-state index in [1.165, 1.54) is 5.56 Å². The lowest BCUT2D eigenvalue weighted by Crippen LogP contribution is -2.26. The van der Waals surface area contributed by atoms with Gasteiger partial charge in [0, 0.05) is 12.5 Å². The van der Waals surface area contributed by atoms with Crippen LogP contribution in [0, 0.1) is 0 Å². The van der Waals surface area contributed by atoms with Gasteiger partial charge < -0.3 is 10.5 Å². The predicted molar refractivity (Wildman–Crippen MR) is 62.3 cm³/mol. The summed E-state index contributed by atoms with van der Waals surface area (Å²) in [6, 6.07) is 10.2. The van der Waals surface area contributed by atoms with E-state index in [-0.39, 0.29) is 6.04 Å². The van der Waals surface area contributed by atoms with E-state index < -0.39 is 0 Å². The second kappa shape index (κ2) is 5.73. The van der Waals surface area contributed by atoms with Crippen LogP contribution in [0.25, 0.3) is 0 Å². The summed E-state index contributed by atoms with van der Waals surface area (Å²) in [6.45, 7) is 0. The molecule has 2 N–H and O–H groups in total. The third kappa shape index (κ3) is 3.85. The minimum atomic E-state index is 0.0462. The van der Waals surface area contributed by atoms with Crippen molar-refractivity contribution >= 4 is 17.3 Å². The van der Waals surface area contributed by atoms with Gasteiger partial charge in [0.15, 0.2) is 5.05 Å². The third-order valence-electron chi connectivity index (χ3n) is 2.00. The predicted octanol–water partition coefficient (Wildman–Crippen LogP) is 1.92. The van der Waals surface area contributed by atoms with E-state index in [1.54, 1.807) is 7.11 Å². The summed E-state index contributed by atoms with van der Waals surface area (Å²) in [5.41, 5.74) is 7.15. The summed E-state index contributed by atoms with van der Waals surface area (Å²) in [7, 11) is 1.58. The number of hydrogen-bond donors (Lipinski definition) is 1. The van der Waals surface area contributed by atoms with Gasteiger partial charge in [-0.15, -0.1) is 0 Å². The lowest BCUT2D eigenvalue weighted by Gasteiger charge is -2.11. The molecule has 0 radical (unpaired) electrons. The molecule has 0 fully saturated rings. The van der Waals surface area contributed by atoms with Crippen molar-refractivity contribution in [1.82, 2.24) is 0 Å². The topological polar surface area (TPSA) is 35.2 Å². The Morgan fingerprint density at radius 3 is 2.64 bits per heavy atom. The van der Waals surface area contributed by atoms with Crippen LogP contribution in [-0.4, -0.2) is 18.2 Å². The van der Waals surface area contributed by atoms with Crippen LogP contribution in [-0.2, 0) is 11.2 Å². The van der Waals surface area contributed by atoms with Crippen molar-refractivity contribution in [3.63, 3.8) is 0 Å². The summed E-state index contributed by atoms with van der Waals surface area (Å²) in [4.78, 5) is 0. The van der Waals surface area contributed by atoms with E-state index in [2.05, 4.69) is 12.1 Å². The molecule has 0 unspecified atom stereocenters. The molecule has 76 valence electrons. The summed E-state index contributed by atoms with van der Waals surface area (Å²) in [5.74, 6) is 0. The molecule has 3 heteroatoms. The minimum absolute atomic E-state index is 0.0462. The van der Waals surface area contributed by atoms with E-state index in [9.17, 15) is 0 Å². The molecular weight excluding hydrogens is 194 g/mol. The average Bonchev–Trinajstić information content (AvgIpc) is 2.19. The maximum absolute atomic E-state index is 5.91. The molecule has 0 bridgehead atoms. The molecule has 0 aromatic heterocycles. The zero-order chi connectivity index (χ0) is 10.4. The molecule has 1 atom stereocenters. The van der Waals surface area contributed by atoms with E-state index in [0.717, 1.165) is 6.42 Å². The maximum atomic E-state index is 5.91. The quantitative estimate of drug-likeness (QED) is 0.769. The van der Waals surface area contributed by atoms with Crippen LogP contribution in [0.2, 0.25) is 0 Å². The van der Waals surface area contributed by atoms with Crippen molar-refractivity contribution in [2.45, 2.75) is 18.9 Å². The second-order valence-electron chi connectivity index (χ2n) is 3.23. The van der Waals surface area contributed by atoms with Gasteiger partial charge in [0.05, 0.1) is 7.11 Å². The summed E-state index contributed by atoms with van der Waals surface area (Å²) in [6.07, 6.45) is 1.48. The van der Waals surface area contributed by atoms with Crippen molar-refractivity contribution in [1.29, 1.82) is 0 Å². The zero-order valence-corrected chi connectivity index (χ0v) is 9.09. The van der Waals surface area contributed by atoms with Crippen LogP contribution < -0.4 is 5.73 Å². The molecule has 14 heavy (non-hydrogen) atoms. The largest absolute Gasteiger partial charge is 0.490 e. The van der Waals surface area contributed by atoms with E-state index >= 15 is 0 Å². The molecule has 0 aliphatic carbocycles. The highest BCUT2D eigenvalue weighted by Crippen LogP contribution is 2.05. The molecule has 1 aromatic rings. The van der Waals surface area contributed by atoms with E-state index in [4.69, 9.17) is 22.7 Å². The molecule has 1 aromatic carbocycles. The highest BCUT2D eigenvalue weighted by atomic mass is 32.1. The van der Waals surface area contributed by atoms with Crippen molar-refractivity contribution in [2.75, 3.05) is 7.11 Å². The lowest BCUT2D eigenvalue weighted by molar-refractivity contribution is 0.396. The van der Waals surface area contributed by atoms with Gasteiger partial charge in [-0.25, -0.2) is 0 Å². The highest BCUT2D eigenvalue weighted by molar-refractivity contribution is 7.80. The Morgan fingerprint density at radius 2 is 2.07 bits per heavy atom. The molecule has 0 saturated heterocycles. The average molecular weight is 209 g/mol. The maximum Gasteiger partial charge on any atom is 0.160 e. The molecule has 0 aliphatic rings. The normalized spacial score (nSPS) is 12.1. The van der Waals surface area contributed by atoms with Gasteiger partial charge in [0.1, 0.15) is 0 Å². The van der Waals surface area contributed by atoms with Crippen molar-refractivity contribution in [2.24, 2.45) is 5.73 Å². The number of nitrogens with two attached hydrogens (primary N) is 1. The number of thiocarbonyl (C=S) groups is 1. The summed E-state index contributed by atoms with van der Waals surface area (Å²) < 4.78 is 4.91. The smallest absolute Gasteiger partial charge is 0.160 e. The van der Waals surface area contributed by atoms with E-state index in [0.29, 0.717) is 11.5 Å². The van der Waals surface area contributed by atoms with Crippen LogP contribution in [0.4, 0.5) is 0 Å². The van der Waals surface area contributed by atoms with Crippen LogP contribution in [0.5, 0.6) is 0 Å². The van der Waals surface area contributed by atoms with Gasteiger partial charge in [0.25, 0.3) is 0 Å².